The van der Waals surface area contributed by atoms with Crippen LogP contribution in [0.15, 0.2) is 30.3 Å². The highest BCUT2D eigenvalue weighted by Gasteiger charge is 2.27. The molecule has 2 unspecified atom stereocenters. The number of nitrogens with zero attached hydrogens (tertiary/aromatic N) is 1. The summed E-state index contributed by atoms with van der Waals surface area (Å²) in [7, 11) is 0. The van der Waals surface area contributed by atoms with Gasteiger partial charge in [0.25, 0.3) is 0 Å². The molecule has 1 saturated carbocycles. The number of nitrogens with one attached hydrogen (secondary N) is 1. The highest BCUT2D eigenvalue weighted by Crippen LogP contribution is 2.27. The number of halogens is 1. The maximum absolute atomic E-state index is 12.4. The summed E-state index contributed by atoms with van der Waals surface area (Å²) in [4.78, 5) is 14.8. The Morgan fingerprint density at radius 2 is 1.88 bits per heavy atom. The van der Waals surface area contributed by atoms with E-state index in [0.29, 0.717) is 5.92 Å². The molecule has 1 aromatic rings. The Morgan fingerprint density at radius 1 is 1.16 bits per heavy atom. The lowest BCUT2D eigenvalue weighted by Crippen LogP contribution is -2.47. The molecule has 3 N–H and O–H groups in total. The first-order valence-corrected chi connectivity index (χ1v) is 9.53. The van der Waals surface area contributed by atoms with Gasteiger partial charge in [0, 0.05) is 25.7 Å². The van der Waals surface area contributed by atoms with Crippen LogP contribution < -0.4 is 11.1 Å². The molecular weight excluding hydrogens is 334 g/mol. The Balaban J connectivity index is 0.00000225. The molecule has 1 amide bonds. The summed E-state index contributed by atoms with van der Waals surface area (Å²) >= 11 is 0. The Kier molecular flexibility index (Phi) is 8.20. The molecule has 4 nitrogen and oxygen atoms in total. The van der Waals surface area contributed by atoms with E-state index in [1.54, 1.807) is 0 Å². The number of nitrogens with two attached hydrogens (primary N) is 1. The van der Waals surface area contributed by atoms with Gasteiger partial charge in [0.15, 0.2) is 0 Å². The summed E-state index contributed by atoms with van der Waals surface area (Å²) in [5, 5.41) is 3.18. The molecule has 0 aromatic heterocycles. The Morgan fingerprint density at radius 3 is 2.60 bits per heavy atom. The average molecular weight is 366 g/mol. The number of likely N-dealkylation sites (tertiary alicyclic amines) is 1. The Hall–Kier alpha value is -1.10. The molecule has 2 atom stereocenters. The zero-order chi connectivity index (χ0) is 16.8. The first-order valence-electron chi connectivity index (χ1n) is 9.53. The number of amides is 1. The van der Waals surface area contributed by atoms with E-state index in [1.165, 1.54) is 37.7 Å². The first-order chi connectivity index (χ1) is 11.7. The van der Waals surface area contributed by atoms with Crippen molar-refractivity contribution in [1.82, 2.24) is 10.2 Å². The van der Waals surface area contributed by atoms with E-state index in [2.05, 4.69) is 34.5 Å². The third-order valence-corrected chi connectivity index (χ3v) is 5.52. The van der Waals surface area contributed by atoms with E-state index in [-0.39, 0.29) is 30.4 Å². The molecule has 1 aliphatic heterocycles. The highest BCUT2D eigenvalue weighted by molar-refractivity contribution is 5.85. The monoisotopic (exact) mass is 365 g/mol. The first kappa shape index (κ1) is 20.2. The fourth-order valence-electron chi connectivity index (χ4n) is 4.13. The van der Waals surface area contributed by atoms with Gasteiger partial charge >= 0.3 is 0 Å². The van der Waals surface area contributed by atoms with E-state index in [1.807, 2.05) is 6.07 Å². The molecule has 5 heteroatoms. The van der Waals surface area contributed by atoms with Crippen LogP contribution in [0.2, 0.25) is 0 Å². The summed E-state index contributed by atoms with van der Waals surface area (Å²) in [6, 6.07) is 10.4. The molecule has 1 saturated heterocycles. The third-order valence-electron chi connectivity index (χ3n) is 5.52. The van der Waals surface area contributed by atoms with Gasteiger partial charge in [0.2, 0.25) is 5.91 Å². The van der Waals surface area contributed by atoms with E-state index in [4.69, 9.17) is 5.73 Å². The van der Waals surface area contributed by atoms with Crippen molar-refractivity contribution in [2.24, 2.45) is 11.7 Å². The number of carbonyl (C=O) groups is 1. The number of rotatable bonds is 6. The standard InChI is InChI=1S/C20H31N3O.ClH/c21-19(13-16-7-3-1-4-8-16)20(24)22-18-11-12-23(15-18)14-17-9-5-2-6-10-17;/h2,5-6,9-10,16,18-19H,1,3-4,7-8,11-15,21H2,(H,22,24);1H. The smallest absolute Gasteiger partial charge is 0.237 e. The minimum absolute atomic E-state index is 0. The maximum Gasteiger partial charge on any atom is 0.237 e. The average Bonchev–Trinajstić information content (AvgIpc) is 3.03. The summed E-state index contributed by atoms with van der Waals surface area (Å²) in [6.07, 6.45) is 8.31. The van der Waals surface area contributed by atoms with Gasteiger partial charge in [0.05, 0.1) is 6.04 Å². The molecule has 0 radical (unpaired) electrons. The van der Waals surface area contributed by atoms with Gasteiger partial charge in [-0.05, 0) is 24.3 Å². The van der Waals surface area contributed by atoms with Crippen LogP contribution in [0.3, 0.4) is 0 Å². The van der Waals surface area contributed by atoms with Crippen molar-refractivity contribution >= 4 is 18.3 Å². The lowest BCUT2D eigenvalue weighted by Gasteiger charge is -2.25. The lowest BCUT2D eigenvalue weighted by molar-refractivity contribution is -0.123. The zero-order valence-corrected chi connectivity index (χ0v) is 15.8. The summed E-state index contributed by atoms with van der Waals surface area (Å²) in [6.45, 7) is 2.93. The van der Waals surface area contributed by atoms with Gasteiger partial charge in [-0.1, -0.05) is 62.4 Å². The predicted molar refractivity (Wildman–Crippen MR) is 105 cm³/mol. The quantitative estimate of drug-likeness (QED) is 0.814. The molecule has 140 valence electrons. The van der Waals surface area contributed by atoms with Crippen LogP contribution >= 0.6 is 12.4 Å². The van der Waals surface area contributed by atoms with Crippen molar-refractivity contribution < 1.29 is 4.79 Å². The van der Waals surface area contributed by atoms with Crippen molar-refractivity contribution in [1.29, 1.82) is 0 Å². The van der Waals surface area contributed by atoms with Crippen LogP contribution in [0, 0.1) is 5.92 Å². The number of hydrogen-bond donors (Lipinski definition) is 2. The number of benzene rings is 1. The Labute approximate surface area is 157 Å². The van der Waals surface area contributed by atoms with E-state index in [9.17, 15) is 4.79 Å². The highest BCUT2D eigenvalue weighted by atomic mass is 35.5. The van der Waals surface area contributed by atoms with E-state index >= 15 is 0 Å². The SMILES string of the molecule is Cl.NC(CC1CCCCC1)C(=O)NC1CCN(Cc2ccccc2)C1. The molecule has 1 heterocycles. The van der Waals surface area contributed by atoms with Crippen molar-refractivity contribution in [2.75, 3.05) is 13.1 Å². The van der Waals surface area contributed by atoms with Crippen molar-refractivity contribution in [2.45, 2.75) is 63.6 Å². The van der Waals surface area contributed by atoms with Gasteiger partial charge in [-0.15, -0.1) is 12.4 Å². The molecule has 2 fully saturated rings. The molecule has 1 aliphatic carbocycles. The summed E-state index contributed by atoms with van der Waals surface area (Å²) in [5.41, 5.74) is 7.49. The normalized spacial score (nSPS) is 23.0. The van der Waals surface area contributed by atoms with Crippen molar-refractivity contribution in [3.8, 4) is 0 Å². The van der Waals surface area contributed by atoms with Gasteiger partial charge in [-0.3, -0.25) is 9.69 Å². The fraction of sp³-hybridized carbons (Fsp3) is 0.650. The van der Waals surface area contributed by atoms with Crippen LogP contribution in [0.25, 0.3) is 0 Å². The molecule has 2 aliphatic rings. The summed E-state index contributed by atoms with van der Waals surface area (Å²) in [5.74, 6) is 0.699. The third kappa shape index (κ3) is 6.28. The van der Waals surface area contributed by atoms with E-state index < -0.39 is 0 Å². The molecule has 25 heavy (non-hydrogen) atoms. The lowest BCUT2D eigenvalue weighted by atomic mass is 9.85. The minimum atomic E-state index is -0.337. The van der Waals surface area contributed by atoms with Crippen LogP contribution in [0.4, 0.5) is 0 Å². The molecule has 3 rings (SSSR count). The fourth-order valence-corrected chi connectivity index (χ4v) is 4.13. The molecule has 0 spiro atoms. The second kappa shape index (κ2) is 10.1. The largest absolute Gasteiger partial charge is 0.351 e. The van der Waals surface area contributed by atoms with Gasteiger partial charge in [-0.25, -0.2) is 0 Å². The predicted octanol–water partition coefficient (Wildman–Crippen LogP) is 3.10. The maximum atomic E-state index is 12.4. The zero-order valence-electron chi connectivity index (χ0n) is 15.0. The second-order valence-corrected chi connectivity index (χ2v) is 7.56. The topological polar surface area (TPSA) is 58.4 Å². The van der Waals surface area contributed by atoms with E-state index in [0.717, 1.165) is 32.5 Å². The molecule has 1 aromatic carbocycles. The minimum Gasteiger partial charge on any atom is -0.351 e. The second-order valence-electron chi connectivity index (χ2n) is 7.56. The van der Waals surface area contributed by atoms with Crippen LogP contribution in [0.5, 0.6) is 0 Å². The Bertz CT molecular complexity index is 519. The molecule has 0 bridgehead atoms. The van der Waals surface area contributed by atoms with Gasteiger partial charge in [-0.2, -0.15) is 0 Å². The summed E-state index contributed by atoms with van der Waals surface area (Å²) < 4.78 is 0. The van der Waals surface area contributed by atoms with Crippen molar-refractivity contribution in [3.63, 3.8) is 0 Å². The molecular formula is C20H32ClN3O. The van der Waals surface area contributed by atoms with Crippen molar-refractivity contribution in [3.05, 3.63) is 35.9 Å². The number of carbonyl (C=O) groups excluding carboxylic acids is 1. The number of hydrogen-bond acceptors (Lipinski definition) is 3. The van der Waals surface area contributed by atoms with Gasteiger partial charge < -0.3 is 11.1 Å². The van der Waals surface area contributed by atoms with Crippen LogP contribution in [-0.2, 0) is 11.3 Å². The van der Waals surface area contributed by atoms with Crippen LogP contribution in [-0.4, -0.2) is 36.0 Å². The van der Waals surface area contributed by atoms with Gasteiger partial charge in [0.1, 0.15) is 0 Å². The van der Waals surface area contributed by atoms with Crippen LogP contribution in [0.1, 0.15) is 50.5 Å².